The molecule has 1 rings (SSSR count). The highest BCUT2D eigenvalue weighted by atomic mass is 79.9. The number of halogens is 1. The van der Waals surface area contributed by atoms with Crippen molar-refractivity contribution in [2.75, 3.05) is 6.54 Å². The van der Waals surface area contributed by atoms with E-state index in [9.17, 15) is 0 Å². The van der Waals surface area contributed by atoms with Crippen LogP contribution < -0.4 is 5.32 Å². The minimum Gasteiger partial charge on any atom is -0.314 e. The van der Waals surface area contributed by atoms with Crippen LogP contribution in [0.15, 0.2) is 16.7 Å². The van der Waals surface area contributed by atoms with Gasteiger partial charge in [-0.05, 0) is 48.3 Å². The average molecular weight is 300 g/mol. The van der Waals surface area contributed by atoms with E-state index < -0.39 is 0 Å². The number of rotatable bonds is 6. The summed E-state index contributed by atoms with van der Waals surface area (Å²) in [5, 5.41) is 7.74. The van der Waals surface area contributed by atoms with Crippen molar-refractivity contribution in [1.82, 2.24) is 15.1 Å². The highest BCUT2D eigenvalue weighted by molar-refractivity contribution is 9.10. The van der Waals surface area contributed by atoms with Gasteiger partial charge in [-0.2, -0.15) is 5.10 Å². The highest BCUT2D eigenvalue weighted by Crippen LogP contribution is 2.24. The predicted molar refractivity (Wildman–Crippen MR) is 77.0 cm³/mol. The molecule has 0 aliphatic rings. The van der Waals surface area contributed by atoms with Crippen molar-refractivity contribution in [1.29, 1.82) is 0 Å². The molecule has 0 amide bonds. The van der Waals surface area contributed by atoms with Crippen LogP contribution in [0.5, 0.6) is 0 Å². The monoisotopic (exact) mass is 299 g/mol. The molecule has 1 N–H and O–H groups in total. The Bertz CT molecular complexity index is 380. The fourth-order valence-corrected chi connectivity index (χ4v) is 2.36. The maximum absolute atomic E-state index is 4.33. The maximum Gasteiger partial charge on any atom is 0.0778 e. The van der Waals surface area contributed by atoms with Crippen LogP contribution in [-0.4, -0.2) is 22.4 Å². The van der Waals surface area contributed by atoms with Crippen molar-refractivity contribution in [2.45, 2.75) is 46.7 Å². The van der Waals surface area contributed by atoms with Gasteiger partial charge in [0.2, 0.25) is 0 Å². The van der Waals surface area contributed by atoms with E-state index in [1.54, 1.807) is 0 Å². The number of hydrogen-bond acceptors (Lipinski definition) is 2. The van der Waals surface area contributed by atoms with Gasteiger partial charge in [-0.1, -0.05) is 19.9 Å². The molecule has 0 radical (unpaired) electrons. The van der Waals surface area contributed by atoms with E-state index in [0.29, 0.717) is 6.04 Å². The number of nitrogens with zero attached hydrogens (tertiary/aromatic N) is 2. The lowest BCUT2D eigenvalue weighted by Gasteiger charge is -2.08. The first kappa shape index (κ1) is 14.5. The van der Waals surface area contributed by atoms with Gasteiger partial charge in [0.15, 0.2) is 0 Å². The Kier molecular flexibility index (Phi) is 5.92. The quantitative estimate of drug-likeness (QED) is 0.815. The normalized spacial score (nSPS) is 12.5. The van der Waals surface area contributed by atoms with Gasteiger partial charge < -0.3 is 5.32 Å². The van der Waals surface area contributed by atoms with Crippen molar-refractivity contribution in [3.05, 3.63) is 22.4 Å². The van der Waals surface area contributed by atoms with E-state index in [1.807, 2.05) is 10.9 Å². The predicted octanol–water partition coefficient (Wildman–Crippen LogP) is 3.46. The van der Waals surface area contributed by atoms with Gasteiger partial charge in [-0.25, -0.2) is 0 Å². The summed E-state index contributed by atoms with van der Waals surface area (Å²) in [6, 6.07) is 0.552. The van der Waals surface area contributed by atoms with E-state index in [-0.39, 0.29) is 0 Å². The van der Waals surface area contributed by atoms with Gasteiger partial charge in [-0.3, -0.25) is 4.68 Å². The van der Waals surface area contributed by atoms with E-state index in [2.05, 4.69) is 60.1 Å². The largest absolute Gasteiger partial charge is 0.314 e. The van der Waals surface area contributed by atoms with Gasteiger partial charge in [0.25, 0.3) is 0 Å². The molecule has 0 saturated heterocycles. The molecule has 0 aliphatic heterocycles. The second-order valence-electron chi connectivity index (χ2n) is 4.44. The SMILES string of the molecule is CCn1ncc(Br)c1C(C)=CCCNC(C)C. The topological polar surface area (TPSA) is 29.9 Å². The third-order valence-electron chi connectivity index (χ3n) is 2.62. The Hall–Kier alpha value is -0.610. The van der Waals surface area contributed by atoms with Crippen molar-refractivity contribution in [3.8, 4) is 0 Å². The molecule has 96 valence electrons. The van der Waals surface area contributed by atoms with E-state index in [4.69, 9.17) is 0 Å². The number of hydrogen-bond donors (Lipinski definition) is 1. The van der Waals surface area contributed by atoms with Gasteiger partial charge in [-0.15, -0.1) is 0 Å². The van der Waals surface area contributed by atoms with Gasteiger partial charge in [0, 0.05) is 12.6 Å². The van der Waals surface area contributed by atoms with Crippen molar-refractivity contribution in [2.24, 2.45) is 0 Å². The third-order valence-corrected chi connectivity index (χ3v) is 3.20. The summed E-state index contributed by atoms with van der Waals surface area (Å²) < 4.78 is 3.09. The minimum absolute atomic E-state index is 0.552. The minimum atomic E-state index is 0.552. The van der Waals surface area contributed by atoms with Crippen LogP contribution in [0.25, 0.3) is 5.57 Å². The molecule has 3 nitrogen and oxygen atoms in total. The molecule has 0 fully saturated rings. The summed E-state index contributed by atoms with van der Waals surface area (Å²) in [6.07, 6.45) is 5.18. The molecule has 1 heterocycles. The Morgan fingerprint density at radius 2 is 2.29 bits per heavy atom. The fourth-order valence-electron chi connectivity index (χ4n) is 1.75. The summed E-state index contributed by atoms with van der Waals surface area (Å²) in [7, 11) is 0. The smallest absolute Gasteiger partial charge is 0.0778 e. The van der Waals surface area contributed by atoms with Gasteiger partial charge in [0.1, 0.15) is 0 Å². The molecule has 0 spiro atoms. The van der Waals surface area contributed by atoms with Crippen LogP contribution in [0.1, 0.15) is 39.8 Å². The van der Waals surface area contributed by atoms with Crippen molar-refractivity contribution >= 4 is 21.5 Å². The number of aromatic nitrogens is 2. The Balaban J connectivity index is 2.64. The standard InChI is InChI=1S/C13H22BrN3/c1-5-17-13(12(14)9-16-17)11(4)7-6-8-15-10(2)3/h7,9-10,15H,5-6,8H2,1-4H3. The first-order valence-corrected chi connectivity index (χ1v) is 6.97. The molecule has 0 unspecified atom stereocenters. The average Bonchev–Trinajstić information content (AvgIpc) is 2.65. The van der Waals surface area contributed by atoms with Gasteiger partial charge in [0.05, 0.1) is 16.4 Å². The molecule has 0 atom stereocenters. The highest BCUT2D eigenvalue weighted by Gasteiger charge is 2.08. The Morgan fingerprint density at radius 3 is 2.88 bits per heavy atom. The lowest BCUT2D eigenvalue weighted by molar-refractivity contribution is 0.594. The van der Waals surface area contributed by atoms with Crippen LogP contribution in [0.4, 0.5) is 0 Å². The zero-order valence-electron chi connectivity index (χ0n) is 11.1. The first-order valence-electron chi connectivity index (χ1n) is 6.18. The van der Waals surface area contributed by atoms with Crippen LogP contribution in [0.2, 0.25) is 0 Å². The zero-order valence-corrected chi connectivity index (χ0v) is 12.7. The van der Waals surface area contributed by atoms with Crippen LogP contribution >= 0.6 is 15.9 Å². The van der Waals surface area contributed by atoms with Crippen LogP contribution in [-0.2, 0) is 6.54 Å². The maximum atomic E-state index is 4.33. The molecular formula is C13H22BrN3. The lowest BCUT2D eigenvalue weighted by Crippen LogP contribution is -2.23. The molecule has 17 heavy (non-hydrogen) atoms. The van der Waals surface area contributed by atoms with Crippen molar-refractivity contribution in [3.63, 3.8) is 0 Å². The molecular weight excluding hydrogens is 278 g/mol. The summed E-state index contributed by atoms with van der Waals surface area (Å²) in [4.78, 5) is 0. The number of nitrogens with one attached hydrogen (secondary N) is 1. The second kappa shape index (κ2) is 6.97. The number of aryl methyl sites for hydroxylation is 1. The van der Waals surface area contributed by atoms with E-state index in [1.165, 1.54) is 11.3 Å². The molecule has 0 saturated carbocycles. The molecule has 4 heteroatoms. The summed E-state index contributed by atoms with van der Waals surface area (Å²) >= 11 is 3.55. The first-order chi connectivity index (χ1) is 8.06. The number of allylic oxidation sites excluding steroid dienone is 1. The second-order valence-corrected chi connectivity index (χ2v) is 5.30. The van der Waals surface area contributed by atoms with E-state index in [0.717, 1.165) is 24.0 Å². The molecule has 0 aromatic carbocycles. The summed E-state index contributed by atoms with van der Waals surface area (Å²) in [5.74, 6) is 0. The van der Waals surface area contributed by atoms with E-state index >= 15 is 0 Å². The van der Waals surface area contributed by atoms with Gasteiger partial charge >= 0.3 is 0 Å². The zero-order chi connectivity index (χ0) is 12.8. The molecule has 0 bridgehead atoms. The fraction of sp³-hybridized carbons (Fsp3) is 0.615. The Labute approximate surface area is 112 Å². The molecule has 0 aliphatic carbocycles. The summed E-state index contributed by atoms with van der Waals surface area (Å²) in [6.45, 7) is 10.5. The van der Waals surface area contributed by atoms with Crippen LogP contribution in [0, 0.1) is 0 Å². The van der Waals surface area contributed by atoms with Crippen molar-refractivity contribution < 1.29 is 0 Å². The summed E-state index contributed by atoms with van der Waals surface area (Å²) in [5.41, 5.74) is 2.47. The third kappa shape index (κ3) is 4.28. The van der Waals surface area contributed by atoms with Crippen LogP contribution in [0.3, 0.4) is 0 Å². The molecule has 1 aromatic rings. The Morgan fingerprint density at radius 1 is 1.59 bits per heavy atom. The lowest BCUT2D eigenvalue weighted by atomic mass is 10.2. The molecule has 1 aromatic heterocycles.